The monoisotopic (exact) mass is 234 g/mol. The second kappa shape index (κ2) is 4.25. The minimum absolute atomic E-state index is 0.138. The number of methoxy groups -OCH3 is 2. The number of fused-ring (bicyclic) bond motifs is 1. The number of aromatic nitrogens is 2. The summed E-state index contributed by atoms with van der Waals surface area (Å²) in [6.07, 6.45) is 1.48. The van der Waals surface area contributed by atoms with Crippen LogP contribution in [0.5, 0.6) is 0 Å². The largest absolute Gasteiger partial charge is 0.465 e. The maximum absolute atomic E-state index is 11.6. The number of hydrogen-bond donors (Lipinski definition) is 1. The van der Waals surface area contributed by atoms with Crippen LogP contribution >= 0.6 is 0 Å². The van der Waals surface area contributed by atoms with Gasteiger partial charge >= 0.3 is 11.9 Å². The van der Waals surface area contributed by atoms with Crippen molar-refractivity contribution in [2.45, 2.75) is 0 Å². The lowest BCUT2D eigenvalue weighted by Gasteiger charge is -2.06. The van der Waals surface area contributed by atoms with E-state index in [-0.39, 0.29) is 11.1 Å². The van der Waals surface area contributed by atoms with Gasteiger partial charge in [-0.3, -0.25) is 0 Å². The highest BCUT2D eigenvalue weighted by atomic mass is 16.5. The van der Waals surface area contributed by atoms with Gasteiger partial charge in [0.05, 0.1) is 42.7 Å². The molecule has 0 spiro atoms. The van der Waals surface area contributed by atoms with Gasteiger partial charge in [0.1, 0.15) is 0 Å². The highest BCUT2D eigenvalue weighted by Crippen LogP contribution is 2.19. The average Bonchev–Trinajstić information content (AvgIpc) is 2.82. The van der Waals surface area contributed by atoms with Crippen molar-refractivity contribution in [3.05, 3.63) is 29.6 Å². The zero-order chi connectivity index (χ0) is 12.4. The number of nitrogens with one attached hydrogen (secondary N) is 1. The molecule has 0 aliphatic carbocycles. The van der Waals surface area contributed by atoms with Gasteiger partial charge in [-0.25, -0.2) is 14.6 Å². The van der Waals surface area contributed by atoms with Crippen molar-refractivity contribution < 1.29 is 19.1 Å². The molecule has 6 nitrogen and oxygen atoms in total. The molecule has 1 heterocycles. The normalized spacial score (nSPS) is 10.2. The van der Waals surface area contributed by atoms with Crippen molar-refractivity contribution in [2.75, 3.05) is 14.2 Å². The SMILES string of the molecule is COC(=O)c1cc2nc[nH]c2cc1C(=O)OC. The molecule has 0 saturated heterocycles. The lowest BCUT2D eigenvalue weighted by atomic mass is 10.1. The van der Waals surface area contributed by atoms with Gasteiger partial charge in [-0.05, 0) is 12.1 Å². The van der Waals surface area contributed by atoms with Gasteiger partial charge in [0.15, 0.2) is 0 Å². The Morgan fingerprint density at radius 3 is 2.29 bits per heavy atom. The van der Waals surface area contributed by atoms with Crippen molar-refractivity contribution in [1.29, 1.82) is 0 Å². The molecule has 1 N–H and O–H groups in total. The van der Waals surface area contributed by atoms with Gasteiger partial charge in [0.25, 0.3) is 0 Å². The summed E-state index contributed by atoms with van der Waals surface area (Å²) < 4.78 is 9.23. The number of nitrogens with zero attached hydrogens (tertiary/aromatic N) is 1. The predicted molar refractivity (Wildman–Crippen MR) is 58.8 cm³/mol. The molecule has 6 heteroatoms. The Morgan fingerprint density at radius 1 is 1.12 bits per heavy atom. The first-order valence-corrected chi connectivity index (χ1v) is 4.81. The number of aromatic amines is 1. The Kier molecular flexibility index (Phi) is 2.78. The van der Waals surface area contributed by atoms with E-state index in [2.05, 4.69) is 19.4 Å². The fourth-order valence-electron chi connectivity index (χ4n) is 1.54. The predicted octanol–water partition coefficient (Wildman–Crippen LogP) is 1.14. The molecular formula is C11H10N2O4. The Bertz CT molecular complexity index is 538. The molecule has 0 aliphatic heterocycles. The summed E-state index contributed by atoms with van der Waals surface area (Å²) in [5.41, 5.74) is 1.52. The van der Waals surface area contributed by atoms with Crippen LogP contribution in [0.4, 0.5) is 0 Å². The average molecular weight is 234 g/mol. The topological polar surface area (TPSA) is 81.3 Å². The zero-order valence-corrected chi connectivity index (χ0v) is 9.31. The Balaban J connectivity index is 2.67. The van der Waals surface area contributed by atoms with Crippen molar-refractivity contribution >= 4 is 23.0 Å². The first-order chi connectivity index (χ1) is 8.17. The van der Waals surface area contributed by atoms with Crippen LogP contribution in [0.2, 0.25) is 0 Å². The molecule has 17 heavy (non-hydrogen) atoms. The van der Waals surface area contributed by atoms with E-state index in [9.17, 15) is 9.59 Å². The van der Waals surface area contributed by atoms with Gasteiger partial charge in [-0.15, -0.1) is 0 Å². The molecule has 2 rings (SSSR count). The van der Waals surface area contributed by atoms with Crippen LogP contribution in [0, 0.1) is 0 Å². The van der Waals surface area contributed by atoms with Crippen LogP contribution in [0.3, 0.4) is 0 Å². The highest BCUT2D eigenvalue weighted by Gasteiger charge is 2.20. The fraction of sp³-hybridized carbons (Fsp3) is 0.182. The molecule has 1 aromatic heterocycles. The van der Waals surface area contributed by atoms with Crippen LogP contribution in [0.1, 0.15) is 20.7 Å². The minimum atomic E-state index is -0.602. The highest BCUT2D eigenvalue weighted by molar-refractivity contribution is 6.06. The third kappa shape index (κ3) is 1.84. The summed E-state index contributed by atoms with van der Waals surface area (Å²) in [6.45, 7) is 0. The molecule has 0 atom stereocenters. The second-order valence-electron chi connectivity index (χ2n) is 3.30. The minimum Gasteiger partial charge on any atom is -0.465 e. The number of ether oxygens (including phenoxy) is 2. The lowest BCUT2D eigenvalue weighted by molar-refractivity contribution is 0.0555. The number of carbonyl (C=O) groups is 2. The van der Waals surface area contributed by atoms with Gasteiger partial charge < -0.3 is 14.5 Å². The molecular weight excluding hydrogens is 224 g/mol. The Labute approximate surface area is 96.6 Å². The molecule has 0 saturated carbocycles. The Hall–Kier alpha value is -2.37. The lowest BCUT2D eigenvalue weighted by Crippen LogP contribution is -2.11. The number of benzene rings is 1. The maximum Gasteiger partial charge on any atom is 0.338 e. The molecule has 0 amide bonds. The molecule has 0 bridgehead atoms. The van der Waals surface area contributed by atoms with Gasteiger partial charge in [0.2, 0.25) is 0 Å². The maximum atomic E-state index is 11.6. The van der Waals surface area contributed by atoms with E-state index < -0.39 is 11.9 Å². The first kappa shape index (κ1) is 11.1. The van der Waals surface area contributed by atoms with Crippen molar-refractivity contribution in [3.8, 4) is 0 Å². The Morgan fingerprint density at radius 2 is 1.71 bits per heavy atom. The van der Waals surface area contributed by atoms with Gasteiger partial charge in [-0.2, -0.15) is 0 Å². The summed E-state index contributed by atoms with van der Waals surface area (Å²) in [7, 11) is 2.50. The number of carbonyl (C=O) groups excluding carboxylic acids is 2. The van der Waals surface area contributed by atoms with E-state index in [0.29, 0.717) is 11.0 Å². The molecule has 0 fully saturated rings. The smallest absolute Gasteiger partial charge is 0.338 e. The fourth-order valence-corrected chi connectivity index (χ4v) is 1.54. The van der Waals surface area contributed by atoms with Crippen LogP contribution in [0.25, 0.3) is 11.0 Å². The van der Waals surface area contributed by atoms with Gasteiger partial charge in [0, 0.05) is 0 Å². The standard InChI is InChI=1S/C11H10N2O4/c1-16-10(14)6-3-8-9(13-5-12-8)4-7(6)11(15)17-2/h3-5H,1-2H3,(H,12,13). The zero-order valence-electron chi connectivity index (χ0n) is 9.31. The summed E-state index contributed by atoms with van der Waals surface area (Å²) in [5, 5.41) is 0. The summed E-state index contributed by atoms with van der Waals surface area (Å²) in [5.74, 6) is -1.20. The van der Waals surface area contributed by atoms with E-state index >= 15 is 0 Å². The van der Waals surface area contributed by atoms with E-state index in [1.807, 2.05) is 0 Å². The number of rotatable bonds is 2. The summed E-state index contributed by atoms with van der Waals surface area (Å²) in [4.78, 5) is 30.0. The molecule has 1 aromatic carbocycles. The third-order valence-electron chi connectivity index (χ3n) is 2.37. The van der Waals surface area contributed by atoms with E-state index in [1.165, 1.54) is 32.7 Å². The third-order valence-corrected chi connectivity index (χ3v) is 2.37. The summed E-state index contributed by atoms with van der Waals surface area (Å²) >= 11 is 0. The summed E-state index contributed by atoms with van der Waals surface area (Å²) in [6, 6.07) is 3.00. The van der Waals surface area contributed by atoms with E-state index in [4.69, 9.17) is 0 Å². The quantitative estimate of drug-likeness (QED) is 0.788. The van der Waals surface area contributed by atoms with Crippen LogP contribution in [-0.4, -0.2) is 36.1 Å². The molecule has 0 unspecified atom stereocenters. The molecule has 88 valence electrons. The van der Waals surface area contributed by atoms with Crippen molar-refractivity contribution in [3.63, 3.8) is 0 Å². The first-order valence-electron chi connectivity index (χ1n) is 4.81. The van der Waals surface area contributed by atoms with Crippen LogP contribution < -0.4 is 0 Å². The molecule has 0 radical (unpaired) electrons. The van der Waals surface area contributed by atoms with Crippen LogP contribution in [0.15, 0.2) is 18.5 Å². The van der Waals surface area contributed by atoms with Crippen LogP contribution in [-0.2, 0) is 9.47 Å². The number of imidazole rings is 1. The number of esters is 2. The van der Waals surface area contributed by atoms with Crippen molar-refractivity contribution in [2.24, 2.45) is 0 Å². The molecule has 0 aliphatic rings. The van der Waals surface area contributed by atoms with Crippen molar-refractivity contribution in [1.82, 2.24) is 9.97 Å². The number of hydrogen-bond acceptors (Lipinski definition) is 5. The second-order valence-corrected chi connectivity index (χ2v) is 3.30. The van der Waals surface area contributed by atoms with E-state index in [1.54, 1.807) is 0 Å². The van der Waals surface area contributed by atoms with Gasteiger partial charge in [-0.1, -0.05) is 0 Å². The number of H-pyrrole nitrogens is 1. The van der Waals surface area contributed by atoms with E-state index in [0.717, 1.165) is 0 Å². The molecule has 2 aromatic rings.